The normalized spacial score (nSPS) is 16.2. The average Bonchev–Trinajstić information content (AvgIpc) is 2.78. The standard InChI is InChI=1S/C25H20F3NO4/c26-25(27,28)21-14-19(32-22-6-2-4-17-15-29-12-11-20(17)22)8-9-23(21)33-18-5-1-3-16(13-18)7-10-24(30)31/h1-6,8-9,11-13,15,21H,7,10,14H2,(H,30,31). The van der Waals surface area contributed by atoms with Crippen molar-refractivity contribution in [2.24, 2.45) is 5.92 Å². The summed E-state index contributed by atoms with van der Waals surface area (Å²) in [5.41, 5.74) is 0.667. The lowest BCUT2D eigenvalue weighted by molar-refractivity contribution is -0.171. The van der Waals surface area contributed by atoms with Crippen molar-refractivity contribution >= 4 is 16.7 Å². The molecule has 2 aromatic carbocycles. The molecule has 3 aromatic rings. The first-order valence-corrected chi connectivity index (χ1v) is 10.3. The highest BCUT2D eigenvalue weighted by atomic mass is 19.4. The summed E-state index contributed by atoms with van der Waals surface area (Å²) in [6.45, 7) is 0. The minimum Gasteiger partial charge on any atom is -0.481 e. The van der Waals surface area contributed by atoms with Gasteiger partial charge in [-0.3, -0.25) is 9.78 Å². The molecule has 170 valence electrons. The predicted molar refractivity (Wildman–Crippen MR) is 116 cm³/mol. The highest BCUT2D eigenvalue weighted by molar-refractivity contribution is 5.87. The molecule has 1 aromatic heterocycles. The molecule has 0 bridgehead atoms. The number of aromatic nitrogens is 1. The number of hydrogen-bond acceptors (Lipinski definition) is 4. The van der Waals surface area contributed by atoms with E-state index in [0.29, 0.717) is 11.3 Å². The maximum Gasteiger partial charge on any atom is 0.399 e. The van der Waals surface area contributed by atoms with Crippen LogP contribution in [-0.2, 0) is 11.2 Å². The summed E-state index contributed by atoms with van der Waals surface area (Å²) in [6.07, 6.45) is 1.23. The zero-order chi connectivity index (χ0) is 23.4. The Hall–Kier alpha value is -3.81. The van der Waals surface area contributed by atoms with E-state index in [1.54, 1.807) is 54.9 Å². The van der Waals surface area contributed by atoms with E-state index in [4.69, 9.17) is 14.6 Å². The number of benzene rings is 2. The summed E-state index contributed by atoms with van der Waals surface area (Å²) in [5.74, 6) is -2.23. The highest BCUT2D eigenvalue weighted by Gasteiger charge is 2.45. The Bertz CT molecular complexity index is 1230. The number of fused-ring (bicyclic) bond motifs is 1. The fourth-order valence-electron chi connectivity index (χ4n) is 3.59. The first-order chi connectivity index (χ1) is 15.8. The largest absolute Gasteiger partial charge is 0.481 e. The van der Waals surface area contributed by atoms with Gasteiger partial charge in [0.15, 0.2) is 0 Å². The number of halogens is 3. The van der Waals surface area contributed by atoms with Crippen LogP contribution in [0.2, 0.25) is 0 Å². The Labute approximate surface area is 187 Å². The molecule has 0 amide bonds. The number of aliphatic carboxylic acids is 1. The summed E-state index contributed by atoms with van der Waals surface area (Å²) in [4.78, 5) is 14.8. The van der Waals surface area contributed by atoms with E-state index in [1.807, 2.05) is 6.07 Å². The van der Waals surface area contributed by atoms with Gasteiger partial charge in [-0.05, 0) is 48.4 Å². The molecule has 1 heterocycles. The Morgan fingerprint density at radius 3 is 2.70 bits per heavy atom. The van der Waals surface area contributed by atoms with Crippen molar-refractivity contribution in [3.05, 3.63) is 90.2 Å². The number of carboxylic acid groups (broad SMARTS) is 1. The summed E-state index contributed by atoms with van der Waals surface area (Å²) >= 11 is 0. The lowest BCUT2D eigenvalue weighted by atomic mass is 9.96. The molecule has 0 saturated carbocycles. The molecule has 1 atom stereocenters. The Kier molecular flexibility index (Phi) is 6.35. The van der Waals surface area contributed by atoms with Crippen LogP contribution in [0.15, 0.2) is 84.6 Å². The van der Waals surface area contributed by atoms with Crippen LogP contribution in [0.3, 0.4) is 0 Å². The highest BCUT2D eigenvalue weighted by Crippen LogP contribution is 2.41. The second-order valence-corrected chi connectivity index (χ2v) is 7.60. The molecule has 0 aliphatic heterocycles. The van der Waals surface area contributed by atoms with Gasteiger partial charge in [-0.1, -0.05) is 24.3 Å². The van der Waals surface area contributed by atoms with Crippen molar-refractivity contribution in [3.8, 4) is 11.5 Å². The van der Waals surface area contributed by atoms with Gasteiger partial charge in [0.2, 0.25) is 0 Å². The average molecular weight is 455 g/mol. The number of carboxylic acids is 1. The van der Waals surface area contributed by atoms with Crippen LogP contribution < -0.4 is 9.47 Å². The van der Waals surface area contributed by atoms with Crippen LogP contribution in [-0.4, -0.2) is 22.2 Å². The third kappa shape index (κ3) is 5.52. The van der Waals surface area contributed by atoms with Crippen LogP contribution in [0, 0.1) is 5.92 Å². The molecule has 33 heavy (non-hydrogen) atoms. The number of alkyl halides is 3. The van der Waals surface area contributed by atoms with Crippen LogP contribution in [0.1, 0.15) is 18.4 Å². The smallest absolute Gasteiger partial charge is 0.399 e. The van der Waals surface area contributed by atoms with Crippen LogP contribution in [0.4, 0.5) is 13.2 Å². The number of pyridine rings is 1. The van der Waals surface area contributed by atoms with Gasteiger partial charge in [-0.2, -0.15) is 13.2 Å². The number of nitrogens with zero attached hydrogens (tertiary/aromatic N) is 1. The number of ether oxygens (including phenoxy) is 2. The van der Waals surface area contributed by atoms with Gasteiger partial charge in [-0.25, -0.2) is 0 Å². The molecule has 1 aliphatic carbocycles. The van der Waals surface area contributed by atoms with Gasteiger partial charge in [-0.15, -0.1) is 0 Å². The fraction of sp³-hybridized carbons (Fsp3) is 0.200. The zero-order valence-corrected chi connectivity index (χ0v) is 17.4. The molecule has 4 rings (SSSR count). The molecule has 1 N–H and O–H groups in total. The molecule has 0 saturated heterocycles. The van der Waals surface area contributed by atoms with E-state index in [0.717, 1.165) is 10.8 Å². The number of allylic oxidation sites excluding steroid dienone is 4. The van der Waals surface area contributed by atoms with Crippen molar-refractivity contribution in [1.82, 2.24) is 4.98 Å². The van der Waals surface area contributed by atoms with Gasteiger partial charge in [0, 0.05) is 36.0 Å². The number of rotatable bonds is 7. The molecule has 0 radical (unpaired) electrons. The Morgan fingerprint density at radius 2 is 1.91 bits per heavy atom. The van der Waals surface area contributed by atoms with Crippen LogP contribution in [0.5, 0.6) is 11.5 Å². The topological polar surface area (TPSA) is 68.7 Å². The van der Waals surface area contributed by atoms with Crippen molar-refractivity contribution < 1.29 is 32.5 Å². The second-order valence-electron chi connectivity index (χ2n) is 7.60. The molecule has 0 spiro atoms. The number of hydrogen-bond donors (Lipinski definition) is 1. The van der Waals surface area contributed by atoms with Crippen LogP contribution in [0.25, 0.3) is 10.8 Å². The fourth-order valence-corrected chi connectivity index (χ4v) is 3.59. The van der Waals surface area contributed by atoms with Gasteiger partial charge in [0.25, 0.3) is 0 Å². The van der Waals surface area contributed by atoms with E-state index in [9.17, 15) is 18.0 Å². The lowest BCUT2D eigenvalue weighted by Gasteiger charge is -2.27. The maximum atomic E-state index is 13.9. The minimum absolute atomic E-state index is 0.0784. The van der Waals surface area contributed by atoms with Crippen LogP contribution >= 0.6 is 0 Å². The lowest BCUT2D eigenvalue weighted by Crippen LogP contribution is -2.30. The third-order valence-electron chi connectivity index (χ3n) is 5.22. The minimum atomic E-state index is -4.54. The third-order valence-corrected chi connectivity index (χ3v) is 5.22. The first-order valence-electron chi connectivity index (χ1n) is 10.3. The summed E-state index contributed by atoms with van der Waals surface area (Å²) < 4.78 is 53.1. The van der Waals surface area contributed by atoms with Crippen molar-refractivity contribution in [1.29, 1.82) is 0 Å². The number of carbonyl (C=O) groups is 1. The van der Waals surface area contributed by atoms with Gasteiger partial charge < -0.3 is 14.6 Å². The van der Waals surface area contributed by atoms with Gasteiger partial charge in [0.1, 0.15) is 28.9 Å². The zero-order valence-electron chi connectivity index (χ0n) is 17.4. The molecule has 5 nitrogen and oxygen atoms in total. The van der Waals surface area contributed by atoms with Gasteiger partial charge >= 0.3 is 12.1 Å². The Balaban J connectivity index is 1.57. The molecule has 8 heteroatoms. The number of aryl methyl sites for hydroxylation is 1. The van der Waals surface area contributed by atoms with Gasteiger partial charge in [0.05, 0.1) is 0 Å². The predicted octanol–water partition coefficient (Wildman–Crippen LogP) is 6.06. The van der Waals surface area contributed by atoms with E-state index in [1.165, 1.54) is 12.2 Å². The molecule has 1 unspecified atom stereocenters. The first kappa shape index (κ1) is 22.4. The van der Waals surface area contributed by atoms with E-state index < -0.39 is 24.5 Å². The van der Waals surface area contributed by atoms with E-state index >= 15 is 0 Å². The molecular formula is C25H20F3NO4. The van der Waals surface area contributed by atoms with E-state index in [-0.39, 0.29) is 30.1 Å². The molecular weight excluding hydrogens is 435 g/mol. The molecule has 0 fully saturated rings. The van der Waals surface area contributed by atoms with Crippen molar-refractivity contribution in [2.75, 3.05) is 0 Å². The molecule has 1 aliphatic rings. The monoisotopic (exact) mass is 455 g/mol. The summed E-state index contributed by atoms with van der Waals surface area (Å²) in [7, 11) is 0. The maximum absolute atomic E-state index is 13.9. The van der Waals surface area contributed by atoms with E-state index in [2.05, 4.69) is 4.98 Å². The SMILES string of the molecule is O=C(O)CCc1cccc(OC2=CC=C(Oc3cccc4cnccc34)CC2C(F)(F)F)c1. The van der Waals surface area contributed by atoms with Crippen molar-refractivity contribution in [2.45, 2.75) is 25.4 Å². The summed E-state index contributed by atoms with van der Waals surface area (Å²) in [6, 6.07) is 13.5. The quantitative estimate of drug-likeness (QED) is 0.469. The Morgan fingerprint density at radius 1 is 1.09 bits per heavy atom. The summed E-state index contributed by atoms with van der Waals surface area (Å²) in [5, 5.41) is 10.4. The van der Waals surface area contributed by atoms with Crippen molar-refractivity contribution in [3.63, 3.8) is 0 Å². The second kappa shape index (κ2) is 9.36.